The maximum absolute atomic E-state index is 6.17. The summed E-state index contributed by atoms with van der Waals surface area (Å²) in [5, 5.41) is 4.43. The van der Waals surface area contributed by atoms with Crippen LogP contribution in [-0.4, -0.2) is 13.1 Å². The van der Waals surface area contributed by atoms with E-state index >= 15 is 0 Å². The Balaban J connectivity index is 1.82. The van der Waals surface area contributed by atoms with Gasteiger partial charge in [-0.2, -0.15) is 0 Å². The molecule has 3 atom stereocenters. The van der Waals surface area contributed by atoms with Crippen molar-refractivity contribution in [2.45, 2.75) is 31.6 Å². The highest BCUT2D eigenvalue weighted by Gasteiger charge is 2.32. The van der Waals surface area contributed by atoms with Crippen molar-refractivity contribution in [2.75, 3.05) is 13.1 Å². The van der Waals surface area contributed by atoms with Crippen LogP contribution in [0.15, 0.2) is 36.4 Å². The fraction of sp³-hybridized carbons (Fsp3) is 0.529. The van der Waals surface area contributed by atoms with Gasteiger partial charge in [-0.25, -0.2) is 0 Å². The summed E-state index contributed by atoms with van der Waals surface area (Å²) < 4.78 is 0. The first-order valence-electron chi connectivity index (χ1n) is 7.46. The number of hydrogen-bond donors (Lipinski definition) is 1. The molecule has 0 radical (unpaired) electrons. The largest absolute Gasteiger partial charge is 0.316 e. The molecule has 0 bridgehead atoms. The maximum Gasteiger partial charge on any atom is 0.0408 e. The van der Waals surface area contributed by atoms with Crippen LogP contribution in [0, 0.1) is 11.8 Å². The second-order valence-electron chi connectivity index (χ2n) is 5.86. The van der Waals surface area contributed by atoms with E-state index in [-0.39, 0.29) is 0 Å². The Morgan fingerprint density at radius 3 is 2.89 bits per heavy atom. The number of piperidine rings is 1. The van der Waals surface area contributed by atoms with E-state index in [2.05, 4.69) is 35.7 Å². The van der Waals surface area contributed by atoms with Crippen molar-refractivity contribution in [1.82, 2.24) is 5.32 Å². The average molecular weight is 276 g/mol. The van der Waals surface area contributed by atoms with E-state index in [0.717, 1.165) is 23.4 Å². The molecule has 0 saturated carbocycles. The van der Waals surface area contributed by atoms with E-state index in [9.17, 15) is 0 Å². The first kappa shape index (κ1) is 13.2. The Hall–Kier alpha value is -0.790. The van der Waals surface area contributed by atoms with Crippen LogP contribution in [0.5, 0.6) is 0 Å². The van der Waals surface area contributed by atoms with Crippen molar-refractivity contribution in [2.24, 2.45) is 11.8 Å². The summed E-state index contributed by atoms with van der Waals surface area (Å²) in [5.74, 6) is 2.30. The van der Waals surface area contributed by atoms with E-state index in [4.69, 9.17) is 11.6 Å². The highest BCUT2D eigenvalue weighted by atomic mass is 35.5. The average Bonchev–Trinajstić information content (AvgIpc) is 2.48. The van der Waals surface area contributed by atoms with Gasteiger partial charge in [0.05, 0.1) is 0 Å². The molecule has 102 valence electrons. The van der Waals surface area contributed by atoms with Gasteiger partial charge in [0.2, 0.25) is 0 Å². The van der Waals surface area contributed by atoms with Crippen molar-refractivity contribution in [3.05, 3.63) is 47.0 Å². The van der Waals surface area contributed by atoms with Gasteiger partial charge in [0.25, 0.3) is 0 Å². The minimum Gasteiger partial charge on any atom is -0.316 e. The smallest absolute Gasteiger partial charge is 0.0408 e. The Morgan fingerprint density at radius 1 is 1.16 bits per heavy atom. The Bertz CT molecular complexity index is 454. The number of nitrogens with one attached hydrogen (secondary N) is 1. The molecule has 1 saturated heterocycles. The minimum atomic E-state index is 0.629. The summed E-state index contributed by atoms with van der Waals surface area (Å²) in [4.78, 5) is 0. The van der Waals surface area contributed by atoms with Gasteiger partial charge in [-0.05, 0) is 67.7 Å². The van der Waals surface area contributed by atoms with Gasteiger partial charge in [0.15, 0.2) is 0 Å². The zero-order valence-corrected chi connectivity index (χ0v) is 12.1. The predicted molar refractivity (Wildman–Crippen MR) is 81.7 cm³/mol. The quantitative estimate of drug-likeness (QED) is 0.790. The number of allylic oxidation sites excluding steroid dienone is 2. The first-order valence-corrected chi connectivity index (χ1v) is 7.83. The number of hydrogen-bond acceptors (Lipinski definition) is 1. The third-order valence-electron chi connectivity index (χ3n) is 4.73. The van der Waals surface area contributed by atoms with Crippen LogP contribution in [0.1, 0.15) is 37.2 Å². The molecule has 2 heteroatoms. The molecular formula is C17H22ClN. The fourth-order valence-corrected chi connectivity index (χ4v) is 3.95. The molecule has 0 aromatic heterocycles. The SMILES string of the molecule is Clc1cccc(C2CNCCC2C2CC=CCC2)c1. The maximum atomic E-state index is 6.17. The van der Waals surface area contributed by atoms with E-state index in [1.807, 2.05) is 6.07 Å². The summed E-state index contributed by atoms with van der Waals surface area (Å²) in [5.41, 5.74) is 1.42. The van der Waals surface area contributed by atoms with Crippen LogP contribution in [0.4, 0.5) is 0 Å². The molecule has 1 fully saturated rings. The fourth-order valence-electron chi connectivity index (χ4n) is 3.75. The van der Waals surface area contributed by atoms with Crippen LogP contribution in [0.2, 0.25) is 5.02 Å². The van der Waals surface area contributed by atoms with E-state index in [1.54, 1.807) is 0 Å². The van der Waals surface area contributed by atoms with Gasteiger partial charge in [0.1, 0.15) is 0 Å². The third-order valence-corrected chi connectivity index (χ3v) is 4.96. The van der Waals surface area contributed by atoms with Gasteiger partial charge in [-0.15, -0.1) is 0 Å². The zero-order chi connectivity index (χ0) is 13.1. The molecule has 19 heavy (non-hydrogen) atoms. The van der Waals surface area contributed by atoms with Crippen molar-refractivity contribution in [1.29, 1.82) is 0 Å². The minimum absolute atomic E-state index is 0.629. The second-order valence-corrected chi connectivity index (χ2v) is 6.30. The van der Waals surface area contributed by atoms with Crippen molar-refractivity contribution >= 4 is 11.6 Å². The highest BCUT2D eigenvalue weighted by molar-refractivity contribution is 6.30. The topological polar surface area (TPSA) is 12.0 Å². The van der Waals surface area contributed by atoms with Crippen molar-refractivity contribution < 1.29 is 0 Å². The molecule has 2 aliphatic rings. The van der Waals surface area contributed by atoms with Gasteiger partial charge >= 0.3 is 0 Å². The second kappa shape index (κ2) is 6.11. The van der Waals surface area contributed by atoms with Crippen molar-refractivity contribution in [3.63, 3.8) is 0 Å². The highest BCUT2D eigenvalue weighted by Crippen LogP contribution is 2.40. The molecule has 1 aliphatic carbocycles. The van der Waals surface area contributed by atoms with Gasteiger partial charge in [0, 0.05) is 11.6 Å². The first-order chi connectivity index (χ1) is 9.34. The third kappa shape index (κ3) is 3.04. The molecule has 3 unspecified atom stereocenters. The van der Waals surface area contributed by atoms with Crippen molar-refractivity contribution in [3.8, 4) is 0 Å². The molecule has 1 aromatic rings. The van der Waals surface area contributed by atoms with Gasteiger partial charge in [-0.1, -0.05) is 35.9 Å². The molecule has 0 amide bonds. The lowest BCUT2D eigenvalue weighted by molar-refractivity contribution is 0.211. The standard InChI is InChI=1S/C17H22ClN/c18-15-8-4-7-14(11-15)17-12-19-10-9-16(17)13-5-2-1-3-6-13/h1-2,4,7-8,11,13,16-17,19H,3,5-6,9-10,12H2. The lowest BCUT2D eigenvalue weighted by Gasteiger charge is -2.38. The molecule has 1 N–H and O–H groups in total. The lowest BCUT2D eigenvalue weighted by Crippen LogP contribution is -2.38. The number of benzene rings is 1. The van der Waals surface area contributed by atoms with E-state index in [1.165, 1.54) is 37.8 Å². The molecule has 1 nitrogen and oxygen atoms in total. The van der Waals surface area contributed by atoms with E-state index < -0.39 is 0 Å². The number of halogens is 1. The normalized spacial score (nSPS) is 31.3. The molecule has 0 spiro atoms. The van der Waals surface area contributed by atoms with Crippen LogP contribution >= 0.6 is 11.6 Å². The molecular weight excluding hydrogens is 254 g/mol. The van der Waals surface area contributed by atoms with Crippen LogP contribution in [-0.2, 0) is 0 Å². The molecule has 3 rings (SSSR count). The van der Waals surface area contributed by atoms with Gasteiger partial charge < -0.3 is 5.32 Å². The Kier molecular flexibility index (Phi) is 4.24. The van der Waals surface area contributed by atoms with E-state index in [0.29, 0.717) is 5.92 Å². The monoisotopic (exact) mass is 275 g/mol. The Labute approximate surface area is 121 Å². The van der Waals surface area contributed by atoms with Crippen LogP contribution < -0.4 is 5.32 Å². The number of rotatable bonds is 2. The lowest BCUT2D eigenvalue weighted by atomic mass is 9.70. The molecule has 1 aliphatic heterocycles. The van der Waals surface area contributed by atoms with Crippen LogP contribution in [0.25, 0.3) is 0 Å². The zero-order valence-electron chi connectivity index (χ0n) is 11.3. The Morgan fingerprint density at radius 2 is 2.11 bits per heavy atom. The van der Waals surface area contributed by atoms with Crippen LogP contribution in [0.3, 0.4) is 0 Å². The summed E-state index contributed by atoms with van der Waals surface area (Å²) in [6.45, 7) is 2.27. The molecule has 1 heterocycles. The summed E-state index contributed by atoms with van der Waals surface area (Å²) in [6.07, 6.45) is 9.91. The summed E-state index contributed by atoms with van der Waals surface area (Å²) >= 11 is 6.17. The molecule has 1 aromatic carbocycles. The summed E-state index contributed by atoms with van der Waals surface area (Å²) in [6, 6.07) is 8.46. The summed E-state index contributed by atoms with van der Waals surface area (Å²) in [7, 11) is 0. The van der Waals surface area contributed by atoms with Gasteiger partial charge in [-0.3, -0.25) is 0 Å². The predicted octanol–water partition coefficient (Wildman–Crippen LogP) is 4.39.